The topological polar surface area (TPSA) is 20.2 Å². The molecular formula is C29H52O. The molecule has 0 amide bonds. The lowest BCUT2D eigenvalue weighted by molar-refractivity contribution is -0.129. The molecule has 4 aliphatic carbocycles. The van der Waals surface area contributed by atoms with Crippen LogP contribution in [0.3, 0.4) is 0 Å². The van der Waals surface area contributed by atoms with Crippen molar-refractivity contribution in [1.82, 2.24) is 0 Å². The molecule has 0 saturated heterocycles. The van der Waals surface area contributed by atoms with E-state index < -0.39 is 0 Å². The van der Waals surface area contributed by atoms with Gasteiger partial charge in [0.25, 0.3) is 0 Å². The van der Waals surface area contributed by atoms with Gasteiger partial charge in [0.1, 0.15) is 0 Å². The zero-order valence-electron chi connectivity index (χ0n) is 21.1. The Morgan fingerprint density at radius 1 is 0.833 bits per heavy atom. The van der Waals surface area contributed by atoms with E-state index >= 15 is 0 Å². The first kappa shape index (κ1) is 23.1. The molecule has 10 atom stereocenters. The fraction of sp³-hybridized carbons (Fsp3) is 1.00. The van der Waals surface area contributed by atoms with Gasteiger partial charge in [-0.15, -0.1) is 0 Å². The van der Waals surface area contributed by atoms with Crippen LogP contribution >= 0.6 is 0 Å². The number of fused-ring (bicyclic) bond motifs is 5. The van der Waals surface area contributed by atoms with E-state index in [1.807, 2.05) is 0 Å². The molecule has 0 radical (unpaired) electrons. The van der Waals surface area contributed by atoms with Crippen molar-refractivity contribution in [1.29, 1.82) is 0 Å². The van der Waals surface area contributed by atoms with E-state index in [9.17, 15) is 5.11 Å². The van der Waals surface area contributed by atoms with Crippen molar-refractivity contribution in [2.24, 2.45) is 58.2 Å². The summed E-state index contributed by atoms with van der Waals surface area (Å²) in [6, 6.07) is 0. The maximum Gasteiger partial charge on any atom is 0.0543 e. The van der Waals surface area contributed by atoms with Crippen molar-refractivity contribution >= 4 is 0 Å². The third-order valence-corrected chi connectivity index (χ3v) is 11.9. The van der Waals surface area contributed by atoms with Crippen LogP contribution in [-0.4, -0.2) is 11.2 Å². The zero-order chi connectivity index (χ0) is 21.7. The molecule has 0 aromatic carbocycles. The molecule has 174 valence electrons. The molecule has 4 rings (SSSR count). The highest BCUT2D eigenvalue weighted by atomic mass is 16.3. The van der Waals surface area contributed by atoms with Gasteiger partial charge in [0, 0.05) is 0 Å². The van der Waals surface area contributed by atoms with E-state index in [0.717, 1.165) is 60.2 Å². The van der Waals surface area contributed by atoms with Gasteiger partial charge in [-0.3, -0.25) is 0 Å². The van der Waals surface area contributed by atoms with Crippen LogP contribution in [0.1, 0.15) is 119 Å². The van der Waals surface area contributed by atoms with Crippen LogP contribution in [0.2, 0.25) is 0 Å². The maximum absolute atomic E-state index is 10.3. The van der Waals surface area contributed by atoms with Gasteiger partial charge in [-0.1, -0.05) is 54.4 Å². The molecule has 1 nitrogen and oxygen atoms in total. The average Bonchev–Trinajstić information content (AvgIpc) is 3.06. The highest BCUT2D eigenvalue weighted by Gasteiger charge is 2.60. The van der Waals surface area contributed by atoms with Gasteiger partial charge in [0.05, 0.1) is 6.10 Å². The Morgan fingerprint density at radius 2 is 1.53 bits per heavy atom. The van der Waals surface area contributed by atoms with Gasteiger partial charge in [-0.2, -0.15) is 0 Å². The largest absolute Gasteiger partial charge is 0.393 e. The summed E-state index contributed by atoms with van der Waals surface area (Å²) in [7, 11) is 0. The van der Waals surface area contributed by atoms with Gasteiger partial charge < -0.3 is 5.11 Å². The Balaban J connectivity index is 1.45. The van der Waals surface area contributed by atoms with Gasteiger partial charge in [-0.05, 0) is 122 Å². The molecule has 9 unspecified atom stereocenters. The molecule has 0 bridgehead atoms. The van der Waals surface area contributed by atoms with Crippen molar-refractivity contribution in [3.8, 4) is 0 Å². The minimum atomic E-state index is -0.0111. The minimum Gasteiger partial charge on any atom is -0.393 e. The number of hydrogen-bond acceptors (Lipinski definition) is 1. The molecule has 30 heavy (non-hydrogen) atoms. The minimum absolute atomic E-state index is 0.0111. The first-order chi connectivity index (χ1) is 14.2. The standard InChI is InChI=1S/C29H52O/c1-7-21(19(2)3)9-8-20(4)25-12-13-26-24-11-10-22-18-23(30)14-16-28(22,5)27(24)15-17-29(25,26)6/h19-27,30H,7-18H2,1-6H3/t20-,21?,22?,23?,24?,25?,26?,27?,28?,29?/m1/s1. The van der Waals surface area contributed by atoms with Gasteiger partial charge in [-0.25, -0.2) is 0 Å². The van der Waals surface area contributed by atoms with Crippen LogP contribution in [0.4, 0.5) is 0 Å². The molecule has 0 heterocycles. The third-order valence-electron chi connectivity index (χ3n) is 11.9. The summed E-state index contributed by atoms with van der Waals surface area (Å²) in [4.78, 5) is 0. The highest BCUT2D eigenvalue weighted by Crippen LogP contribution is 2.68. The second kappa shape index (κ2) is 8.72. The van der Waals surface area contributed by atoms with Crippen molar-refractivity contribution in [3.05, 3.63) is 0 Å². The molecule has 4 saturated carbocycles. The molecule has 0 aromatic rings. The molecule has 4 fully saturated rings. The summed E-state index contributed by atoms with van der Waals surface area (Å²) in [5.41, 5.74) is 1.14. The van der Waals surface area contributed by atoms with E-state index in [0.29, 0.717) is 10.8 Å². The smallest absolute Gasteiger partial charge is 0.0543 e. The second-order valence-corrected chi connectivity index (χ2v) is 13.3. The van der Waals surface area contributed by atoms with Crippen LogP contribution in [0.15, 0.2) is 0 Å². The maximum atomic E-state index is 10.3. The van der Waals surface area contributed by atoms with Crippen LogP contribution < -0.4 is 0 Å². The summed E-state index contributed by atoms with van der Waals surface area (Å²) in [6.07, 6.45) is 16.5. The fourth-order valence-corrected chi connectivity index (χ4v) is 9.90. The predicted octanol–water partition coefficient (Wildman–Crippen LogP) is 8.10. The SMILES string of the molecule is CCC(CC[C@@H](C)C1CCC2C3CCC4CC(O)CCC4(C)C3CCC21C)C(C)C. The van der Waals surface area contributed by atoms with Crippen molar-refractivity contribution in [2.75, 3.05) is 0 Å². The predicted molar refractivity (Wildman–Crippen MR) is 128 cm³/mol. The highest BCUT2D eigenvalue weighted by molar-refractivity contribution is 5.09. The lowest BCUT2D eigenvalue weighted by Crippen LogP contribution is -2.54. The quantitative estimate of drug-likeness (QED) is 0.463. The van der Waals surface area contributed by atoms with E-state index in [2.05, 4.69) is 41.5 Å². The summed E-state index contributed by atoms with van der Waals surface area (Å²) < 4.78 is 0. The van der Waals surface area contributed by atoms with E-state index in [1.165, 1.54) is 64.2 Å². The van der Waals surface area contributed by atoms with Crippen molar-refractivity contribution in [2.45, 2.75) is 125 Å². The molecular weight excluding hydrogens is 364 g/mol. The lowest BCUT2D eigenvalue weighted by Gasteiger charge is -2.61. The Hall–Kier alpha value is -0.0400. The Morgan fingerprint density at radius 3 is 2.23 bits per heavy atom. The number of aliphatic hydroxyl groups is 1. The van der Waals surface area contributed by atoms with Crippen molar-refractivity contribution < 1.29 is 5.11 Å². The average molecular weight is 417 g/mol. The molecule has 0 aromatic heterocycles. The normalized spacial score (nSPS) is 48.0. The summed E-state index contributed by atoms with van der Waals surface area (Å²) >= 11 is 0. The monoisotopic (exact) mass is 416 g/mol. The van der Waals surface area contributed by atoms with Crippen molar-refractivity contribution in [3.63, 3.8) is 0 Å². The molecule has 1 heteroatoms. The summed E-state index contributed by atoms with van der Waals surface area (Å²) in [6.45, 7) is 15.2. The Kier molecular flexibility index (Phi) is 6.72. The van der Waals surface area contributed by atoms with Crippen LogP contribution in [0, 0.1) is 58.2 Å². The van der Waals surface area contributed by atoms with E-state index in [1.54, 1.807) is 0 Å². The van der Waals surface area contributed by atoms with Gasteiger partial charge >= 0.3 is 0 Å². The lowest BCUT2D eigenvalue weighted by atomic mass is 9.44. The Bertz CT molecular complexity index is 583. The van der Waals surface area contributed by atoms with E-state index in [4.69, 9.17) is 0 Å². The molecule has 1 N–H and O–H groups in total. The molecule has 4 aliphatic rings. The number of aliphatic hydroxyl groups excluding tert-OH is 1. The third kappa shape index (κ3) is 3.82. The molecule has 0 aliphatic heterocycles. The first-order valence-corrected chi connectivity index (χ1v) is 13.9. The Labute approximate surface area is 188 Å². The number of hydrogen-bond donors (Lipinski definition) is 1. The fourth-order valence-electron chi connectivity index (χ4n) is 9.90. The molecule has 0 spiro atoms. The van der Waals surface area contributed by atoms with Gasteiger partial charge in [0.2, 0.25) is 0 Å². The summed E-state index contributed by atoms with van der Waals surface area (Å²) in [5.74, 6) is 7.34. The van der Waals surface area contributed by atoms with Crippen LogP contribution in [0.5, 0.6) is 0 Å². The zero-order valence-corrected chi connectivity index (χ0v) is 21.1. The van der Waals surface area contributed by atoms with Gasteiger partial charge in [0.15, 0.2) is 0 Å². The van der Waals surface area contributed by atoms with E-state index in [-0.39, 0.29) is 6.10 Å². The van der Waals surface area contributed by atoms with Crippen LogP contribution in [-0.2, 0) is 0 Å². The number of rotatable bonds is 6. The first-order valence-electron chi connectivity index (χ1n) is 13.9. The summed E-state index contributed by atoms with van der Waals surface area (Å²) in [5, 5.41) is 10.3. The second-order valence-electron chi connectivity index (χ2n) is 13.3. The van der Waals surface area contributed by atoms with Crippen LogP contribution in [0.25, 0.3) is 0 Å².